The van der Waals surface area contributed by atoms with Crippen molar-refractivity contribution in [2.45, 2.75) is 286 Å². The van der Waals surface area contributed by atoms with Crippen LogP contribution in [0.5, 0.6) is 0 Å². The minimum absolute atomic E-state index is 0. The Morgan fingerprint density at radius 2 is 0.635 bits per heavy atom. The van der Waals surface area contributed by atoms with Gasteiger partial charge in [0.05, 0.1) is 34.0 Å². The number of hydrogen-bond acceptors (Lipinski definition) is 2. The molecule has 0 radical (unpaired) electrons. The standard InChI is InChI=1S/2C18H33P.C8H9N.C7H6S.C7H6.3C5H8.9CH3.12ClH.6Ru/c2*1-4-10-16(11-5-1)19(17-12-6-2-7-13-17)18-14-8-3-9-15-18;1-2-5-8-6-3-4-7-9-8;1-8-7-5-3-2-4-6-7;1-7-5-3-2-4-6-7;3*1-4-5(2)3;;;;;;;;;;;;;;;;;;;;;;;;;;;/h2*16-18H,1-15H2;1,3-4,6-7H,2,5H2;1-6H;1-6H;3*1,4H,2-3H3;9*1H3;12*1H;;;;;;/q;;;;;;;;9*-1;;;;;;;;;;;;;6*+2/p-10. The Morgan fingerprint density at radius 1 is 0.356 bits per heavy atom. The zero-order valence-electron chi connectivity index (χ0n) is 65.9. The Balaban J connectivity index is -0.000000171. The monoisotopic (exact) mass is 2260 g/mol. The number of aryl methyl sites for hydroxylation is 1. The van der Waals surface area contributed by atoms with Gasteiger partial charge in [-0.05, 0) is 154 Å². The molecule has 0 spiro atoms. The molecule has 104 heavy (non-hydrogen) atoms. The van der Waals surface area contributed by atoms with E-state index in [1.54, 1.807) is 211 Å². The van der Waals surface area contributed by atoms with Crippen molar-refractivity contribution in [3.05, 3.63) is 198 Å². The van der Waals surface area contributed by atoms with E-state index in [1.165, 1.54) is 55.6 Å². The molecule has 1 nitrogen and oxygen atoms in total. The fraction of sp³-hybridized carbons (Fsp3) is 0.537. The fourth-order valence-electron chi connectivity index (χ4n) is 13.1. The summed E-state index contributed by atoms with van der Waals surface area (Å²) in [7, 11) is 67.1. The fourth-order valence-corrected chi connectivity index (χ4v) is 33.7. The molecule has 6 fully saturated rings. The molecular formula is C82H140Cl12NP2Ru6S-7. The normalized spacial score (nSPS) is 16.4. The van der Waals surface area contributed by atoms with E-state index < -0.39 is 81.1 Å². The van der Waals surface area contributed by atoms with E-state index in [4.69, 9.17) is 116 Å². The van der Waals surface area contributed by atoms with E-state index in [-0.39, 0.29) is 82.7 Å². The Kier molecular flexibility index (Phi) is 98.5. The van der Waals surface area contributed by atoms with Gasteiger partial charge in [0.2, 0.25) is 0 Å². The average Bonchev–Trinajstić information content (AvgIpc) is 0.829. The molecule has 628 valence electrons. The molecule has 22 heteroatoms. The van der Waals surface area contributed by atoms with Crippen LogP contribution >= 0.6 is 144 Å². The van der Waals surface area contributed by atoms with Crippen LogP contribution in [0.3, 0.4) is 0 Å². The maximum atomic E-state index is 5.68. The Morgan fingerprint density at radius 3 is 0.856 bits per heavy atom. The van der Waals surface area contributed by atoms with Crippen molar-refractivity contribution >= 4 is 171 Å². The Bertz CT molecular complexity index is 2430. The Labute approximate surface area is 730 Å². The molecule has 0 unspecified atom stereocenters. The van der Waals surface area contributed by atoms with Crippen molar-refractivity contribution in [2.75, 3.05) is 0 Å². The molecule has 6 saturated carbocycles. The van der Waals surface area contributed by atoms with Crippen LogP contribution in [0.4, 0.5) is 0 Å². The van der Waals surface area contributed by atoms with E-state index >= 15 is 0 Å². The first-order valence-corrected chi connectivity index (χ1v) is 71.1. The molecule has 0 atom stereocenters. The summed E-state index contributed by atoms with van der Waals surface area (Å²) in [5.41, 5.74) is 13.3. The van der Waals surface area contributed by atoms with E-state index in [0.29, 0.717) is 0 Å². The molecule has 9 rings (SSSR count). The van der Waals surface area contributed by atoms with Crippen molar-refractivity contribution < 1.29 is 81.1 Å². The minimum atomic E-state index is -1.61. The molecule has 0 N–H and O–H groups in total. The zero-order valence-corrected chi connectivity index (χ0v) is 88.2. The summed E-state index contributed by atoms with van der Waals surface area (Å²) in [6, 6.07) is 25.8. The van der Waals surface area contributed by atoms with Crippen molar-refractivity contribution in [3.63, 3.8) is 0 Å². The third-order valence-electron chi connectivity index (χ3n) is 17.2. The summed E-state index contributed by atoms with van der Waals surface area (Å²) in [6.07, 6.45) is 57.1. The van der Waals surface area contributed by atoms with Crippen molar-refractivity contribution in [1.29, 1.82) is 0 Å². The van der Waals surface area contributed by atoms with E-state index in [0.717, 1.165) is 24.1 Å². The number of rotatable bonds is 15. The molecule has 0 bridgehead atoms. The maximum absolute atomic E-state index is 5.68. The summed E-state index contributed by atoms with van der Waals surface area (Å²) >= 11 is -7.72. The molecule has 6 aliphatic carbocycles. The molecule has 0 amide bonds. The summed E-state index contributed by atoms with van der Waals surface area (Å²) in [5, 5.41) is 0. The van der Waals surface area contributed by atoms with Gasteiger partial charge in [-0.3, -0.25) is 0 Å². The number of halogens is 12. The predicted molar refractivity (Wildman–Crippen MR) is 491 cm³/mol. The second-order valence-corrected chi connectivity index (χ2v) is 68.6. The number of pyridine rings is 1. The quantitative estimate of drug-likeness (QED) is 0.0651. The van der Waals surface area contributed by atoms with Gasteiger partial charge in [-0.1, -0.05) is 38.5 Å². The van der Waals surface area contributed by atoms with Crippen LogP contribution in [-0.2, 0) is 87.5 Å². The van der Waals surface area contributed by atoms with Crippen LogP contribution in [-0.4, -0.2) is 65.9 Å². The first-order chi connectivity index (χ1) is 45.6. The summed E-state index contributed by atoms with van der Waals surface area (Å²) in [5.74, 6) is 0. The summed E-state index contributed by atoms with van der Waals surface area (Å²) < 4.78 is 11.5. The summed E-state index contributed by atoms with van der Waals surface area (Å²) in [6.45, 7) is 12.1. The predicted octanol–water partition coefficient (Wildman–Crippen LogP) is 33.5. The van der Waals surface area contributed by atoms with Gasteiger partial charge in [0, 0.05) is 15.8 Å². The Hall–Kier alpha value is 4.46. The van der Waals surface area contributed by atoms with Crippen LogP contribution in [0.25, 0.3) is 0 Å². The van der Waals surface area contributed by atoms with Crippen LogP contribution in [0.2, 0.25) is 0 Å². The first-order valence-electron chi connectivity index (χ1n) is 33.9. The van der Waals surface area contributed by atoms with Gasteiger partial charge >= 0.3 is 432 Å². The van der Waals surface area contributed by atoms with Crippen molar-refractivity contribution in [1.82, 2.24) is 4.98 Å². The second-order valence-electron chi connectivity index (χ2n) is 25.4. The van der Waals surface area contributed by atoms with Crippen molar-refractivity contribution in [3.8, 4) is 0 Å². The van der Waals surface area contributed by atoms with Gasteiger partial charge in [0.15, 0.2) is 0 Å². The molecule has 0 aliphatic heterocycles. The molecular weight excluding hydrogens is 2120 g/mol. The van der Waals surface area contributed by atoms with Gasteiger partial charge in [-0.25, -0.2) is 0 Å². The molecule has 3 aromatic rings. The van der Waals surface area contributed by atoms with Gasteiger partial charge in [0.1, 0.15) is 0 Å². The van der Waals surface area contributed by atoms with Crippen LogP contribution < -0.4 is 0 Å². The number of hydrogen-bond donors (Lipinski definition) is 0. The topological polar surface area (TPSA) is 12.9 Å². The molecule has 2 aromatic carbocycles. The third-order valence-corrected chi connectivity index (χ3v) is 40.4. The zero-order chi connectivity index (χ0) is 69.9. The SMILES string of the molecule is C1CCC([PH+](C2CCCCC2)C2CCCCC2)CC1.C1CCC([PH+](C2CCCCC2)C2CCCCC2)CC1.CC(C)=C[CH]=[Ru]([Cl])[Cl].CC(C)=C[CH]=[Ru]([Cl])[Cl].CC(C)=C[CH]=[Ru]([Cl])[Cl].[CH3-].[CH3-].[CH3-].[CH3-].[CH3-].[CH3-].[CH3-].[CH3-].[CH3-].[Cl][Ru]([Cl])=[CH]CCc1ccccn1.[Cl][Ru]([Cl])=[CH]Sc1ccccc1.[Cl][Ru]([Cl])=[CH]c1ccccc1. The number of allylic oxidation sites excluding steroid dienone is 6. The van der Waals surface area contributed by atoms with E-state index in [1.807, 2.05) is 166 Å². The summed E-state index contributed by atoms with van der Waals surface area (Å²) in [4.78, 5) is 5.37. The van der Waals surface area contributed by atoms with E-state index in [9.17, 15) is 0 Å². The second kappa shape index (κ2) is 82.6. The molecule has 0 saturated heterocycles. The molecule has 6 aliphatic rings. The number of aromatic nitrogens is 1. The number of benzene rings is 2. The first kappa shape index (κ1) is 124. The third kappa shape index (κ3) is 69.6. The molecule has 1 heterocycles. The van der Waals surface area contributed by atoms with Crippen LogP contribution in [0, 0.1) is 66.8 Å². The van der Waals surface area contributed by atoms with Gasteiger partial charge in [-0.2, -0.15) is 0 Å². The average molecular weight is 2270 g/mol. The van der Waals surface area contributed by atoms with Gasteiger partial charge in [-0.15, -0.1) is 0 Å². The number of thioether (sulfide) groups is 1. The van der Waals surface area contributed by atoms with Gasteiger partial charge < -0.3 is 66.8 Å². The molecule has 1 aromatic heterocycles. The van der Waals surface area contributed by atoms with Crippen LogP contribution in [0.15, 0.2) is 125 Å². The van der Waals surface area contributed by atoms with Crippen molar-refractivity contribution in [2.24, 2.45) is 0 Å². The van der Waals surface area contributed by atoms with Gasteiger partial charge in [0.25, 0.3) is 0 Å². The van der Waals surface area contributed by atoms with E-state index in [2.05, 4.69) is 4.98 Å². The number of nitrogens with zero attached hydrogens (tertiary/aromatic N) is 1. The van der Waals surface area contributed by atoms with Crippen LogP contribution in [0.1, 0.15) is 252 Å².